The molecule has 0 unspecified atom stereocenters. The van der Waals surface area contributed by atoms with E-state index >= 15 is 0 Å². The normalized spacial score (nSPS) is 10.5. The van der Waals surface area contributed by atoms with Crippen LogP contribution in [0.25, 0.3) is 0 Å². The van der Waals surface area contributed by atoms with E-state index in [4.69, 9.17) is 0 Å². The summed E-state index contributed by atoms with van der Waals surface area (Å²) in [6, 6.07) is 6.10. The summed E-state index contributed by atoms with van der Waals surface area (Å²) >= 11 is 3.14. The fourth-order valence-electron chi connectivity index (χ4n) is 1.60. The molecule has 0 aliphatic carbocycles. The molecule has 0 bridgehead atoms. The van der Waals surface area contributed by atoms with Gasteiger partial charge in [-0.25, -0.2) is 13.2 Å². The molecule has 0 radical (unpaired) electrons. The maximum atomic E-state index is 13.4. The monoisotopic (exact) mass is 331 g/mol. The highest BCUT2D eigenvalue weighted by Crippen LogP contribution is 2.28. The number of nitrogens with one attached hydrogen (secondary N) is 1. The summed E-state index contributed by atoms with van der Waals surface area (Å²) in [7, 11) is 0. The average Bonchev–Trinajstić information content (AvgIpc) is 2.33. The molecule has 0 aromatic heterocycles. The molecule has 0 spiro atoms. The number of phenolic OH excluding ortho intramolecular Hbond substituents is 1. The lowest BCUT2D eigenvalue weighted by atomic mass is 10.2. The van der Waals surface area contributed by atoms with Crippen molar-refractivity contribution in [2.75, 3.05) is 5.32 Å². The first-order chi connectivity index (χ1) is 8.99. The van der Waals surface area contributed by atoms with Crippen LogP contribution in [-0.4, -0.2) is 5.11 Å². The van der Waals surface area contributed by atoms with Crippen LogP contribution in [-0.2, 0) is 6.54 Å². The van der Waals surface area contributed by atoms with Gasteiger partial charge in [-0.1, -0.05) is 12.1 Å². The van der Waals surface area contributed by atoms with Gasteiger partial charge >= 0.3 is 0 Å². The van der Waals surface area contributed by atoms with Crippen LogP contribution in [0.3, 0.4) is 0 Å². The van der Waals surface area contributed by atoms with Crippen LogP contribution < -0.4 is 5.32 Å². The zero-order chi connectivity index (χ0) is 14.0. The van der Waals surface area contributed by atoms with Gasteiger partial charge in [-0.05, 0) is 22.0 Å². The average molecular weight is 332 g/mol. The summed E-state index contributed by atoms with van der Waals surface area (Å²) in [6.07, 6.45) is 0. The zero-order valence-electron chi connectivity index (χ0n) is 9.55. The number of anilines is 1. The van der Waals surface area contributed by atoms with Crippen molar-refractivity contribution in [3.63, 3.8) is 0 Å². The third kappa shape index (κ3) is 3.01. The summed E-state index contributed by atoms with van der Waals surface area (Å²) in [5.74, 6) is -3.04. The lowest BCUT2D eigenvalue weighted by Gasteiger charge is -2.10. The highest BCUT2D eigenvalue weighted by molar-refractivity contribution is 9.10. The topological polar surface area (TPSA) is 32.3 Å². The van der Waals surface area contributed by atoms with Crippen molar-refractivity contribution in [3.05, 3.63) is 57.8 Å². The number of halogens is 4. The highest BCUT2D eigenvalue weighted by atomic mass is 79.9. The Balaban J connectivity index is 2.22. The van der Waals surface area contributed by atoms with Crippen LogP contribution in [0.5, 0.6) is 5.75 Å². The first-order valence-corrected chi connectivity index (χ1v) is 6.13. The van der Waals surface area contributed by atoms with Crippen molar-refractivity contribution < 1.29 is 18.3 Å². The predicted octanol–water partition coefficient (Wildman–Crippen LogP) is 4.18. The van der Waals surface area contributed by atoms with Crippen LogP contribution in [0.4, 0.5) is 18.9 Å². The summed E-state index contributed by atoms with van der Waals surface area (Å²) < 4.78 is 40.0. The third-order valence-electron chi connectivity index (χ3n) is 2.53. The Labute approximate surface area is 116 Å². The van der Waals surface area contributed by atoms with E-state index in [-0.39, 0.29) is 12.3 Å². The van der Waals surface area contributed by atoms with Gasteiger partial charge in [0.25, 0.3) is 0 Å². The highest BCUT2D eigenvalue weighted by Gasteiger charge is 2.12. The van der Waals surface area contributed by atoms with Gasteiger partial charge in [0, 0.05) is 24.2 Å². The maximum Gasteiger partial charge on any atom is 0.152 e. The summed E-state index contributed by atoms with van der Waals surface area (Å²) in [6.45, 7) is 0.00471. The van der Waals surface area contributed by atoms with Crippen LogP contribution in [0.1, 0.15) is 5.56 Å². The van der Waals surface area contributed by atoms with E-state index in [0.29, 0.717) is 22.2 Å². The Morgan fingerprint density at radius 1 is 1.11 bits per heavy atom. The van der Waals surface area contributed by atoms with Gasteiger partial charge in [-0.15, -0.1) is 0 Å². The number of rotatable bonds is 3. The molecule has 0 aliphatic rings. The van der Waals surface area contributed by atoms with E-state index in [1.54, 1.807) is 18.2 Å². The minimum absolute atomic E-state index is 0.00471. The Morgan fingerprint density at radius 3 is 2.37 bits per heavy atom. The lowest BCUT2D eigenvalue weighted by molar-refractivity contribution is 0.465. The van der Waals surface area contributed by atoms with Crippen molar-refractivity contribution in [2.24, 2.45) is 0 Å². The lowest BCUT2D eigenvalue weighted by Crippen LogP contribution is -2.04. The van der Waals surface area contributed by atoms with Crippen LogP contribution in [0.2, 0.25) is 0 Å². The van der Waals surface area contributed by atoms with Gasteiger partial charge in [-0.3, -0.25) is 0 Å². The van der Waals surface area contributed by atoms with Gasteiger partial charge in [0.05, 0.1) is 4.47 Å². The van der Waals surface area contributed by atoms with Gasteiger partial charge in [0.1, 0.15) is 17.3 Å². The number of hydrogen-bond acceptors (Lipinski definition) is 2. The second kappa shape index (κ2) is 5.52. The molecule has 0 atom stereocenters. The zero-order valence-corrected chi connectivity index (χ0v) is 11.1. The minimum Gasteiger partial charge on any atom is -0.506 e. The molecule has 2 aromatic rings. The molecule has 2 aromatic carbocycles. The molecule has 2 N–H and O–H groups in total. The Bertz CT molecular complexity index is 596. The molecule has 0 heterocycles. The Hall–Kier alpha value is -1.69. The molecule has 6 heteroatoms. The third-order valence-corrected chi connectivity index (χ3v) is 3.17. The Kier molecular flexibility index (Phi) is 3.99. The largest absolute Gasteiger partial charge is 0.506 e. The molecule has 0 amide bonds. The van der Waals surface area contributed by atoms with E-state index in [1.807, 2.05) is 0 Å². The van der Waals surface area contributed by atoms with Gasteiger partial charge in [-0.2, -0.15) is 0 Å². The number of benzene rings is 2. The molecule has 0 fully saturated rings. The van der Waals surface area contributed by atoms with Crippen molar-refractivity contribution >= 4 is 21.6 Å². The van der Waals surface area contributed by atoms with Crippen molar-refractivity contribution in [1.82, 2.24) is 0 Å². The molecule has 2 nitrogen and oxygen atoms in total. The van der Waals surface area contributed by atoms with E-state index in [2.05, 4.69) is 21.2 Å². The summed E-state index contributed by atoms with van der Waals surface area (Å²) in [5, 5.41) is 12.2. The maximum absolute atomic E-state index is 13.4. The van der Waals surface area contributed by atoms with E-state index in [0.717, 1.165) is 0 Å². The SMILES string of the molecule is Oc1c(Br)cccc1CNc1c(F)cc(F)cc1F. The fourth-order valence-corrected chi connectivity index (χ4v) is 2.00. The Morgan fingerprint density at radius 2 is 1.74 bits per heavy atom. The molecule has 0 aliphatic heterocycles. The number of para-hydroxylation sites is 1. The second-order valence-electron chi connectivity index (χ2n) is 3.85. The van der Waals surface area contributed by atoms with Gasteiger partial charge < -0.3 is 10.4 Å². The summed E-state index contributed by atoms with van der Waals surface area (Å²) in [5.41, 5.74) is 0.0262. The fraction of sp³-hybridized carbons (Fsp3) is 0.0769. The van der Waals surface area contributed by atoms with Gasteiger partial charge in [0.2, 0.25) is 0 Å². The smallest absolute Gasteiger partial charge is 0.152 e. The van der Waals surface area contributed by atoms with Crippen LogP contribution in [0, 0.1) is 17.5 Å². The van der Waals surface area contributed by atoms with Crippen LogP contribution in [0.15, 0.2) is 34.8 Å². The molecule has 2 rings (SSSR count). The van der Waals surface area contributed by atoms with Gasteiger partial charge in [0.15, 0.2) is 11.6 Å². The molecular formula is C13H9BrF3NO. The van der Waals surface area contributed by atoms with E-state index in [9.17, 15) is 18.3 Å². The molecule has 100 valence electrons. The number of hydrogen-bond donors (Lipinski definition) is 2. The first-order valence-electron chi connectivity index (χ1n) is 5.34. The number of phenols is 1. The summed E-state index contributed by atoms with van der Waals surface area (Å²) in [4.78, 5) is 0. The molecule has 0 saturated carbocycles. The van der Waals surface area contributed by atoms with Crippen molar-refractivity contribution in [1.29, 1.82) is 0 Å². The number of aromatic hydroxyl groups is 1. The minimum atomic E-state index is -1.02. The predicted molar refractivity (Wildman–Crippen MR) is 69.4 cm³/mol. The molecule has 0 saturated heterocycles. The van der Waals surface area contributed by atoms with Crippen LogP contribution >= 0.6 is 15.9 Å². The first kappa shape index (κ1) is 13.7. The van der Waals surface area contributed by atoms with E-state index in [1.165, 1.54) is 0 Å². The molecular weight excluding hydrogens is 323 g/mol. The standard InChI is InChI=1S/C13H9BrF3NO/c14-9-3-1-2-7(13(9)19)6-18-12-10(16)4-8(15)5-11(12)17/h1-5,18-19H,6H2. The van der Waals surface area contributed by atoms with Crippen molar-refractivity contribution in [3.8, 4) is 5.75 Å². The van der Waals surface area contributed by atoms with E-state index < -0.39 is 23.1 Å². The van der Waals surface area contributed by atoms with Crippen molar-refractivity contribution in [2.45, 2.75) is 6.54 Å². The quantitative estimate of drug-likeness (QED) is 0.884. The molecule has 19 heavy (non-hydrogen) atoms. The second-order valence-corrected chi connectivity index (χ2v) is 4.70.